The monoisotopic (exact) mass is 354 g/mol. The zero-order chi connectivity index (χ0) is 17.8. The van der Waals surface area contributed by atoms with Gasteiger partial charge in [-0.05, 0) is 43.7 Å². The Hall–Kier alpha value is -2.73. The van der Waals surface area contributed by atoms with E-state index < -0.39 is 6.09 Å². The molecule has 2 aromatic carbocycles. The van der Waals surface area contributed by atoms with Crippen LogP contribution in [0.15, 0.2) is 64.0 Å². The number of amides is 1. The highest BCUT2D eigenvalue weighted by molar-refractivity contribution is 7.80. The molecule has 1 heterocycles. The summed E-state index contributed by atoms with van der Waals surface area (Å²) >= 11 is 4.27. The van der Waals surface area contributed by atoms with E-state index in [9.17, 15) is 4.79 Å². The Morgan fingerprint density at radius 1 is 1.16 bits per heavy atom. The van der Waals surface area contributed by atoms with Crippen LogP contribution in [0, 0.1) is 6.92 Å². The molecule has 1 atom stereocenters. The molecular weight excluding hydrogens is 336 g/mol. The predicted octanol–water partition coefficient (Wildman–Crippen LogP) is 5.25. The van der Waals surface area contributed by atoms with E-state index in [1.807, 2.05) is 61.5 Å². The summed E-state index contributed by atoms with van der Waals surface area (Å²) in [6, 6.07) is 16.9. The molecule has 1 amide bonds. The number of hydrogen-bond donors (Lipinski definition) is 2. The van der Waals surface area contributed by atoms with Crippen LogP contribution >= 0.6 is 12.6 Å². The van der Waals surface area contributed by atoms with Crippen molar-refractivity contribution in [1.29, 1.82) is 0 Å². The van der Waals surface area contributed by atoms with Crippen LogP contribution in [0.1, 0.15) is 24.3 Å². The topological polar surface area (TPSA) is 64.4 Å². The normalized spacial score (nSPS) is 11.8. The van der Waals surface area contributed by atoms with E-state index >= 15 is 0 Å². The van der Waals surface area contributed by atoms with Gasteiger partial charge in [0.2, 0.25) is 0 Å². The highest BCUT2D eigenvalue weighted by Crippen LogP contribution is 2.31. The number of carbonyl (C=O) groups excluding carboxylic acids is 1. The average Bonchev–Trinajstić information content (AvgIpc) is 2.97. The molecule has 25 heavy (non-hydrogen) atoms. The summed E-state index contributed by atoms with van der Waals surface area (Å²) in [5.41, 5.74) is 2.79. The van der Waals surface area contributed by atoms with Crippen LogP contribution < -0.4 is 5.32 Å². The number of rotatable bonds is 4. The molecule has 3 rings (SSSR count). The zero-order valence-electron chi connectivity index (χ0n) is 13.9. The standard InChI is InChI=1S/C19H18N2O3S/c1-12-17(18(24-21-12)15-8-10-16(25)11-9-15)20-19(22)23-13(2)14-6-4-3-5-7-14/h3-11,13,25H,1-2H3,(H,20,22). The van der Waals surface area contributed by atoms with E-state index in [-0.39, 0.29) is 6.10 Å². The van der Waals surface area contributed by atoms with Crippen molar-refractivity contribution in [2.24, 2.45) is 0 Å². The minimum Gasteiger partial charge on any atom is -0.441 e. The molecule has 0 saturated carbocycles. The lowest BCUT2D eigenvalue weighted by Crippen LogP contribution is -2.16. The number of aryl methyl sites for hydroxylation is 1. The molecule has 0 bridgehead atoms. The molecule has 0 fully saturated rings. The highest BCUT2D eigenvalue weighted by atomic mass is 32.1. The molecule has 6 heteroatoms. The van der Waals surface area contributed by atoms with Crippen molar-refractivity contribution in [3.63, 3.8) is 0 Å². The van der Waals surface area contributed by atoms with E-state index in [4.69, 9.17) is 9.26 Å². The van der Waals surface area contributed by atoms with Gasteiger partial charge in [-0.2, -0.15) is 0 Å². The minimum atomic E-state index is -0.560. The van der Waals surface area contributed by atoms with Crippen molar-refractivity contribution in [3.8, 4) is 11.3 Å². The molecule has 1 aromatic heterocycles. The van der Waals surface area contributed by atoms with E-state index in [1.54, 1.807) is 6.92 Å². The fourth-order valence-electron chi connectivity index (χ4n) is 2.41. The van der Waals surface area contributed by atoms with Gasteiger partial charge in [0.25, 0.3) is 0 Å². The Morgan fingerprint density at radius 3 is 2.52 bits per heavy atom. The Kier molecular flexibility index (Phi) is 5.09. The first-order valence-corrected chi connectivity index (χ1v) is 8.27. The Balaban J connectivity index is 1.75. The third kappa shape index (κ3) is 4.03. The van der Waals surface area contributed by atoms with Crippen LogP contribution in [0.4, 0.5) is 10.5 Å². The quantitative estimate of drug-likeness (QED) is 0.628. The van der Waals surface area contributed by atoms with Gasteiger partial charge in [-0.15, -0.1) is 12.6 Å². The highest BCUT2D eigenvalue weighted by Gasteiger charge is 2.19. The summed E-state index contributed by atoms with van der Waals surface area (Å²) in [6.45, 7) is 3.58. The van der Waals surface area contributed by atoms with Gasteiger partial charge in [0, 0.05) is 10.5 Å². The third-order valence-electron chi connectivity index (χ3n) is 3.77. The van der Waals surface area contributed by atoms with Crippen LogP contribution in [0.2, 0.25) is 0 Å². The Morgan fingerprint density at radius 2 is 1.84 bits per heavy atom. The van der Waals surface area contributed by atoms with Crippen LogP contribution in [0.5, 0.6) is 0 Å². The average molecular weight is 354 g/mol. The van der Waals surface area contributed by atoms with Gasteiger partial charge in [-0.1, -0.05) is 35.5 Å². The van der Waals surface area contributed by atoms with E-state index in [2.05, 4.69) is 23.1 Å². The number of hydrogen-bond acceptors (Lipinski definition) is 5. The number of nitrogens with one attached hydrogen (secondary N) is 1. The van der Waals surface area contributed by atoms with Crippen molar-refractivity contribution in [2.45, 2.75) is 24.8 Å². The SMILES string of the molecule is Cc1noc(-c2ccc(S)cc2)c1NC(=O)OC(C)c1ccccc1. The number of thiol groups is 1. The van der Waals surface area contributed by atoms with Crippen LogP contribution in [0.25, 0.3) is 11.3 Å². The second-order valence-electron chi connectivity index (χ2n) is 5.60. The summed E-state index contributed by atoms with van der Waals surface area (Å²) in [5, 5.41) is 6.68. The van der Waals surface area contributed by atoms with Gasteiger partial charge in [-0.3, -0.25) is 5.32 Å². The fraction of sp³-hybridized carbons (Fsp3) is 0.158. The molecular formula is C19H18N2O3S. The molecule has 0 spiro atoms. The number of ether oxygens (including phenoxy) is 1. The summed E-state index contributed by atoms with van der Waals surface area (Å²) in [4.78, 5) is 13.1. The van der Waals surface area contributed by atoms with Gasteiger partial charge in [0.1, 0.15) is 17.5 Å². The Bertz CT molecular complexity index is 860. The Labute approximate surface area is 151 Å². The van der Waals surface area contributed by atoms with Gasteiger partial charge < -0.3 is 9.26 Å². The molecule has 5 nitrogen and oxygen atoms in total. The predicted molar refractivity (Wildman–Crippen MR) is 98.9 cm³/mol. The first kappa shape index (κ1) is 17.1. The maximum atomic E-state index is 12.3. The molecule has 0 aliphatic rings. The lowest BCUT2D eigenvalue weighted by Gasteiger charge is -2.14. The first-order valence-electron chi connectivity index (χ1n) is 7.83. The molecule has 0 saturated heterocycles. The number of carbonyl (C=O) groups is 1. The van der Waals surface area contributed by atoms with Crippen LogP contribution in [-0.4, -0.2) is 11.2 Å². The minimum absolute atomic E-state index is 0.367. The van der Waals surface area contributed by atoms with Gasteiger partial charge >= 0.3 is 6.09 Å². The smallest absolute Gasteiger partial charge is 0.412 e. The van der Waals surface area contributed by atoms with Crippen LogP contribution in [-0.2, 0) is 4.74 Å². The number of aromatic nitrogens is 1. The zero-order valence-corrected chi connectivity index (χ0v) is 14.8. The van der Waals surface area contributed by atoms with E-state index in [1.165, 1.54) is 0 Å². The van der Waals surface area contributed by atoms with E-state index in [0.29, 0.717) is 17.1 Å². The van der Waals surface area contributed by atoms with Crippen molar-refractivity contribution in [1.82, 2.24) is 5.16 Å². The maximum Gasteiger partial charge on any atom is 0.412 e. The third-order valence-corrected chi connectivity index (χ3v) is 4.07. The lowest BCUT2D eigenvalue weighted by molar-refractivity contribution is 0.121. The number of nitrogens with zero attached hydrogens (tertiary/aromatic N) is 1. The number of anilines is 1. The summed E-state index contributed by atoms with van der Waals surface area (Å²) in [7, 11) is 0. The van der Waals surface area contributed by atoms with E-state index in [0.717, 1.165) is 16.0 Å². The molecule has 0 radical (unpaired) electrons. The molecule has 3 aromatic rings. The van der Waals surface area contributed by atoms with Crippen molar-refractivity contribution < 1.29 is 14.1 Å². The second-order valence-corrected chi connectivity index (χ2v) is 6.12. The first-order chi connectivity index (χ1) is 12.0. The summed E-state index contributed by atoms with van der Waals surface area (Å²) in [5.74, 6) is 0.482. The number of benzene rings is 2. The summed E-state index contributed by atoms with van der Waals surface area (Å²) in [6.07, 6.45) is -0.928. The van der Waals surface area contributed by atoms with Crippen molar-refractivity contribution >= 4 is 24.4 Å². The van der Waals surface area contributed by atoms with Gasteiger partial charge in [0.05, 0.1) is 0 Å². The molecule has 128 valence electrons. The molecule has 1 N–H and O–H groups in total. The fourth-order valence-corrected chi connectivity index (χ4v) is 2.56. The second kappa shape index (κ2) is 7.44. The molecule has 1 unspecified atom stereocenters. The lowest BCUT2D eigenvalue weighted by atomic mass is 10.1. The largest absolute Gasteiger partial charge is 0.441 e. The maximum absolute atomic E-state index is 12.3. The summed E-state index contributed by atoms with van der Waals surface area (Å²) < 4.78 is 10.8. The van der Waals surface area contributed by atoms with Gasteiger partial charge in [0.15, 0.2) is 5.76 Å². The van der Waals surface area contributed by atoms with Gasteiger partial charge in [-0.25, -0.2) is 4.79 Å². The van der Waals surface area contributed by atoms with Crippen molar-refractivity contribution in [3.05, 3.63) is 65.9 Å². The van der Waals surface area contributed by atoms with Crippen molar-refractivity contribution in [2.75, 3.05) is 5.32 Å². The molecule has 0 aliphatic heterocycles. The van der Waals surface area contributed by atoms with Crippen LogP contribution in [0.3, 0.4) is 0 Å². The molecule has 0 aliphatic carbocycles.